The molecule has 2 heteroatoms. The second kappa shape index (κ2) is 1.46. The molecule has 0 aromatic carbocycles. The van der Waals surface area contributed by atoms with E-state index in [1.54, 1.807) is 0 Å². The standard InChI is InChI=1S/C5H12N2/c1-7-4-5(6)2-3-5/h7H,2-4,6H2,1H3/p+1. The molecule has 0 unspecified atom stereocenters. The summed E-state index contributed by atoms with van der Waals surface area (Å²) in [5.41, 5.74) is 4.45. The van der Waals surface area contributed by atoms with Crippen molar-refractivity contribution in [3.05, 3.63) is 0 Å². The molecule has 0 radical (unpaired) electrons. The Bertz CT molecular complexity index is 66.5. The van der Waals surface area contributed by atoms with Crippen LogP contribution in [0, 0.1) is 0 Å². The van der Waals surface area contributed by atoms with Gasteiger partial charge in [-0.15, -0.1) is 0 Å². The van der Waals surface area contributed by atoms with Crippen molar-refractivity contribution >= 4 is 0 Å². The van der Waals surface area contributed by atoms with Crippen molar-refractivity contribution in [2.45, 2.75) is 18.4 Å². The summed E-state index contributed by atoms with van der Waals surface area (Å²) in [5, 5.41) is 3.11. The van der Waals surface area contributed by atoms with E-state index in [2.05, 4.69) is 11.1 Å². The fraction of sp³-hybridized carbons (Fsp3) is 1.00. The van der Waals surface area contributed by atoms with Crippen LogP contribution in [0.25, 0.3) is 0 Å². The lowest BCUT2D eigenvalue weighted by atomic mass is 10.3. The van der Waals surface area contributed by atoms with E-state index in [1.807, 2.05) is 7.05 Å². The van der Waals surface area contributed by atoms with Gasteiger partial charge in [0.25, 0.3) is 0 Å². The molecular formula is C5H13N2+. The maximum atomic E-state index is 4.01. The van der Waals surface area contributed by atoms with Gasteiger partial charge < -0.3 is 11.1 Å². The van der Waals surface area contributed by atoms with Crippen LogP contribution in [0.4, 0.5) is 0 Å². The third kappa shape index (κ3) is 1.14. The normalized spacial score (nSPS) is 24.9. The molecule has 4 N–H and O–H groups in total. The highest BCUT2D eigenvalue weighted by atomic mass is 14.9. The minimum atomic E-state index is 0.439. The molecule has 1 saturated carbocycles. The largest absolute Gasteiger partial charge is 0.352 e. The van der Waals surface area contributed by atoms with Gasteiger partial charge in [-0.25, -0.2) is 0 Å². The molecule has 2 nitrogen and oxygen atoms in total. The second-order valence-electron chi connectivity index (χ2n) is 2.53. The van der Waals surface area contributed by atoms with Gasteiger partial charge in [-0.05, 0) is 7.05 Å². The summed E-state index contributed by atoms with van der Waals surface area (Å²) in [6, 6.07) is 0. The van der Waals surface area contributed by atoms with Crippen LogP contribution in [0.1, 0.15) is 12.8 Å². The Hall–Kier alpha value is -0.0800. The van der Waals surface area contributed by atoms with E-state index in [4.69, 9.17) is 0 Å². The predicted octanol–water partition coefficient (Wildman–Crippen LogP) is -1.02. The zero-order valence-corrected chi connectivity index (χ0v) is 4.83. The summed E-state index contributed by atoms with van der Waals surface area (Å²) in [6.45, 7) is 1.09. The molecule has 1 aliphatic rings. The highest BCUT2D eigenvalue weighted by molar-refractivity contribution is 4.92. The van der Waals surface area contributed by atoms with E-state index in [0.717, 1.165) is 6.54 Å². The molecule has 0 amide bonds. The topological polar surface area (TPSA) is 39.7 Å². The maximum Gasteiger partial charge on any atom is 0.108 e. The van der Waals surface area contributed by atoms with Crippen molar-refractivity contribution in [3.63, 3.8) is 0 Å². The van der Waals surface area contributed by atoms with Crippen LogP contribution in [0.2, 0.25) is 0 Å². The summed E-state index contributed by atoms with van der Waals surface area (Å²) in [5.74, 6) is 0. The van der Waals surface area contributed by atoms with E-state index < -0.39 is 0 Å². The molecule has 0 spiro atoms. The van der Waals surface area contributed by atoms with Crippen molar-refractivity contribution in [1.29, 1.82) is 0 Å². The first-order valence-electron chi connectivity index (χ1n) is 2.77. The number of likely N-dealkylation sites (N-methyl/N-ethyl adjacent to an activating group) is 1. The van der Waals surface area contributed by atoms with Crippen LogP contribution in [0.3, 0.4) is 0 Å². The van der Waals surface area contributed by atoms with Crippen LogP contribution in [-0.2, 0) is 0 Å². The molecule has 0 atom stereocenters. The number of hydrogen-bond donors (Lipinski definition) is 2. The maximum absolute atomic E-state index is 4.01. The lowest BCUT2D eigenvalue weighted by Crippen LogP contribution is -2.67. The summed E-state index contributed by atoms with van der Waals surface area (Å²) in [6.07, 6.45) is 2.63. The van der Waals surface area contributed by atoms with Crippen molar-refractivity contribution < 1.29 is 5.73 Å². The van der Waals surface area contributed by atoms with E-state index >= 15 is 0 Å². The molecule has 7 heavy (non-hydrogen) atoms. The predicted molar refractivity (Wildman–Crippen MR) is 28.8 cm³/mol. The molecule has 0 saturated heterocycles. The van der Waals surface area contributed by atoms with E-state index in [1.165, 1.54) is 12.8 Å². The lowest BCUT2D eigenvalue weighted by Gasteiger charge is -2.00. The van der Waals surface area contributed by atoms with Crippen molar-refractivity contribution in [1.82, 2.24) is 5.32 Å². The number of rotatable bonds is 2. The summed E-state index contributed by atoms with van der Waals surface area (Å²) < 4.78 is 0. The summed E-state index contributed by atoms with van der Waals surface area (Å²) in [4.78, 5) is 0. The Morgan fingerprint density at radius 3 is 2.43 bits per heavy atom. The first-order chi connectivity index (χ1) is 3.27. The number of quaternary nitrogens is 1. The number of nitrogens with one attached hydrogen (secondary N) is 1. The Balaban J connectivity index is 2.13. The third-order valence-electron chi connectivity index (χ3n) is 1.51. The molecule has 1 fully saturated rings. The molecule has 0 bridgehead atoms. The van der Waals surface area contributed by atoms with Gasteiger partial charge in [0.15, 0.2) is 0 Å². The first-order valence-corrected chi connectivity index (χ1v) is 2.77. The van der Waals surface area contributed by atoms with Crippen LogP contribution in [-0.4, -0.2) is 19.1 Å². The fourth-order valence-electron chi connectivity index (χ4n) is 0.729. The molecular weight excluding hydrogens is 88.1 g/mol. The summed E-state index contributed by atoms with van der Waals surface area (Å²) in [7, 11) is 1.98. The molecule has 1 aliphatic carbocycles. The Kier molecular flexibility index (Phi) is 1.05. The van der Waals surface area contributed by atoms with Crippen molar-refractivity contribution in [2.75, 3.05) is 13.6 Å². The fourth-order valence-corrected chi connectivity index (χ4v) is 0.729. The molecule has 0 aliphatic heterocycles. The molecule has 0 aromatic rings. The molecule has 1 rings (SSSR count). The van der Waals surface area contributed by atoms with Gasteiger partial charge in [0.1, 0.15) is 5.54 Å². The van der Waals surface area contributed by atoms with Crippen LogP contribution >= 0.6 is 0 Å². The van der Waals surface area contributed by atoms with Gasteiger partial charge in [-0.3, -0.25) is 0 Å². The smallest absolute Gasteiger partial charge is 0.108 e. The Morgan fingerprint density at radius 2 is 2.29 bits per heavy atom. The highest BCUT2D eigenvalue weighted by Gasteiger charge is 2.41. The quantitative estimate of drug-likeness (QED) is 0.459. The van der Waals surface area contributed by atoms with Gasteiger partial charge in [0.2, 0.25) is 0 Å². The number of hydrogen-bond acceptors (Lipinski definition) is 1. The van der Waals surface area contributed by atoms with Crippen LogP contribution in [0.15, 0.2) is 0 Å². The van der Waals surface area contributed by atoms with E-state index in [0.29, 0.717) is 5.54 Å². The van der Waals surface area contributed by atoms with Gasteiger partial charge in [0.05, 0.1) is 6.54 Å². The zero-order chi connectivity index (χ0) is 5.33. The van der Waals surface area contributed by atoms with Gasteiger partial charge >= 0.3 is 0 Å². The molecule has 0 aromatic heterocycles. The van der Waals surface area contributed by atoms with Crippen molar-refractivity contribution in [3.8, 4) is 0 Å². The Morgan fingerprint density at radius 1 is 1.71 bits per heavy atom. The zero-order valence-electron chi connectivity index (χ0n) is 4.83. The van der Waals surface area contributed by atoms with E-state index in [-0.39, 0.29) is 0 Å². The van der Waals surface area contributed by atoms with Gasteiger partial charge in [0, 0.05) is 12.8 Å². The Labute approximate surface area is 44.1 Å². The van der Waals surface area contributed by atoms with E-state index in [9.17, 15) is 0 Å². The minimum absolute atomic E-state index is 0.439. The summed E-state index contributed by atoms with van der Waals surface area (Å²) >= 11 is 0. The lowest BCUT2D eigenvalue weighted by molar-refractivity contribution is -0.435. The average Bonchev–Trinajstić information content (AvgIpc) is 2.22. The SMILES string of the molecule is CNCC1([NH3+])CC1. The third-order valence-corrected chi connectivity index (χ3v) is 1.51. The van der Waals surface area contributed by atoms with Crippen molar-refractivity contribution in [2.24, 2.45) is 0 Å². The van der Waals surface area contributed by atoms with Gasteiger partial charge in [-0.1, -0.05) is 0 Å². The highest BCUT2D eigenvalue weighted by Crippen LogP contribution is 2.28. The van der Waals surface area contributed by atoms with Gasteiger partial charge in [-0.2, -0.15) is 0 Å². The average molecular weight is 101 g/mol. The minimum Gasteiger partial charge on any atom is -0.352 e. The molecule has 42 valence electrons. The monoisotopic (exact) mass is 101 g/mol. The van der Waals surface area contributed by atoms with Crippen LogP contribution in [0.5, 0.6) is 0 Å². The first kappa shape index (κ1) is 5.06. The second-order valence-corrected chi connectivity index (χ2v) is 2.53. The van der Waals surface area contributed by atoms with Crippen LogP contribution < -0.4 is 11.1 Å². The molecule has 0 heterocycles.